The van der Waals surface area contributed by atoms with Crippen LogP contribution in [0.3, 0.4) is 0 Å². The highest BCUT2D eigenvalue weighted by molar-refractivity contribution is 7.14. The number of benzene rings is 2. The van der Waals surface area contributed by atoms with E-state index in [9.17, 15) is 26.3 Å². The van der Waals surface area contributed by atoms with E-state index in [1.165, 1.54) is 22.7 Å². The summed E-state index contributed by atoms with van der Waals surface area (Å²) in [5, 5.41) is 10.1. The average Bonchev–Trinajstić information content (AvgIpc) is 3.53. The Hall–Kier alpha value is -2.92. The van der Waals surface area contributed by atoms with Crippen LogP contribution in [0.1, 0.15) is 11.1 Å². The van der Waals surface area contributed by atoms with Crippen molar-refractivity contribution in [2.75, 3.05) is 10.5 Å². The fraction of sp³-hybridized carbons (Fsp3) is 0.0909. The first-order chi connectivity index (χ1) is 15.6. The molecule has 33 heavy (non-hydrogen) atoms. The standard InChI is InChI=1S/C22H13BF6N2S2/c24-21(25,26)12-9-13(22(27,28)29)11-14(10-12)23-30-19-15(17-3-1-7-32-17)5-6-16(20(19)31-23)18-4-2-8-33-18/h1-11,30-31H. The van der Waals surface area contributed by atoms with Crippen LogP contribution < -0.4 is 15.9 Å². The summed E-state index contributed by atoms with van der Waals surface area (Å²) in [6.45, 7) is -0.969. The Morgan fingerprint density at radius 3 is 1.45 bits per heavy atom. The molecule has 0 saturated carbocycles. The lowest BCUT2D eigenvalue weighted by atomic mass is 9.68. The van der Waals surface area contributed by atoms with Gasteiger partial charge < -0.3 is 10.5 Å². The fourth-order valence-electron chi connectivity index (χ4n) is 3.81. The van der Waals surface area contributed by atoms with Crippen molar-refractivity contribution in [3.05, 3.63) is 76.5 Å². The highest BCUT2D eigenvalue weighted by Crippen LogP contribution is 2.46. The summed E-state index contributed by atoms with van der Waals surface area (Å²) in [7, 11) is 0. The van der Waals surface area contributed by atoms with Crippen LogP contribution in [0.15, 0.2) is 65.4 Å². The third-order valence-electron chi connectivity index (χ3n) is 5.30. The molecule has 2 aromatic carbocycles. The molecule has 5 rings (SSSR count). The minimum Gasteiger partial charge on any atom is -0.403 e. The Balaban J connectivity index is 1.63. The molecule has 2 nitrogen and oxygen atoms in total. The first kappa shape index (κ1) is 21.9. The summed E-state index contributed by atoms with van der Waals surface area (Å²) >= 11 is 2.98. The normalized spacial score (nSPS) is 13.6. The molecule has 11 heteroatoms. The summed E-state index contributed by atoms with van der Waals surface area (Å²) < 4.78 is 80.3. The van der Waals surface area contributed by atoms with Crippen LogP contribution in [-0.2, 0) is 12.4 Å². The quantitative estimate of drug-likeness (QED) is 0.229. The molecule has 168 valence electrons. The molecule has 0 radical (unpaired) electrons. The third-order valence-corrected chi connectivity index (χ3v) is 7.11. The van der Waals surface area contributed by atoms with Crippen LogP contribution in [0.25, 0.3) is 20.9 Å². The summed E-state index contributed by atoms with van der Waals surface area (Å²) in [4.78, 5) is 1.86. The summed E-state index contributed by atoms with van der Waals surface area (Å²) in [6.07, 6.45) is -9.82. The molecule has 0 amide bonds. The predicted octanol–water partition coefficient (Wildman–Crippen LogP) is 7.41. The van der Waals surface area contributed by atoms with Crippen molar-refractivity contribution in [3.63, 3.8) is 0 Å². The van der Waals surface area contributed by atoms with E-state index in [0.29, 0.717) is 11.4 Å². The van der Waals surface area contributed by atoms with Crippen molar-refractivity contribution >= 4 is 46.5 Å². The lowest BCUT2D eigenvalue weighted by molar-refractivity contribution is -0.142. The lowest BCUT2D eigenvalue weighted by Crippen LogP contribution is -2.43. The van der Waals surface area contributed by atoms with Crippen LogP contribution in [0.5, 0.6) is 0 Å². The number of hydrogen-bond acceptors (Lipinski definition) is 4. The van der Waals surface area contributed by atoms with Crippen molar-refractivity contribution in [2.24, 2.45) is 0 Å². The average molecular weight is 494 g/mol. The molecule has 0 fully saturated rings. The van der Waals surface area contributed by atoms with E-state index in [-0.39, 0.29) is 11.5 Å². The molecule has 4 aromatic rings. The number of halogens is 6. The zero-order valence-corrected chi connectivity index (χ0v) is 18.1. The number of rotatable bonds is 3. The van der Waals surface area contributed by atoms with Gasteiger partial charge in [0.25, 0.3) is 0 Å². The third kappa shape index (κ3) is 4.11. The summed E-state index contributed by atoms with van der Waals surface area (Å²) in [5.74, 6) is 0. The zero-order valence-electron chi connectivity index (χ0n) is 16.5. The van der Waals surface area contributed by atoms with Gasteiger partial charge in [-0.15, -0.1) is 22.7 Å². The Labute approximate surface area is 193 Å². The number of alkyl halides is 6. The van der Waals surface area contributed by atoms with Gasteiger partial charge in [-0.2, -0.15) is 26.3 Å². The fourth-order valence-corrected chi connectivity index (χ4v) is 5.33. The lowest BCUT2D eigenvalue weighted by Gasteiger charge is -2.16. The van der Waals surface area contributed by atoms with Crippen molar-refractivity contribution in [2.45, 2.75) is 12.4 Å². The summed E-state index contributed by atoms with van der Waals surface area (Å²) in [6, 6.07) is 13.0. The second-order valence-corrected chi connectivity index (χ2v) is 9.32. The smallest absolute Gasteiger partial charge is 0.403 e. The topological polar surface area (TPSA) is 24.1 Å². The number of fused-ring (bicyclic) bond motifs is 1. The minimum atomic E-state index is -4.91. The van der Waals surface area contributed by atoms with Crippen molar-refractivity contribution < 1.29 is 26.3 Å². The van der Waals surface area contributed by atoms with Crippen molar-refractivity contribution in [1.82, 2.24) is 0 Å². The van der Waals surface area contributed by atoms with Crippen LogP contribution in [0, 0.1) is 0 Å². The van der Waals surface area contributed by atoms with Crippen LogP contribution >= 0.6 is 22.7 Å². The Kier molecular flexibility index (Phi) is 5.21. The molecule has 0 atom stereocenters. The van der Waals surface area contributed by atoms with Gasteiger partial charge in [0.2, 0.25) is 0 Å². The van der Waals surface area contributed by atoms with Gasteiger partial charge in [-0.3, -0.25) is 0 Å². The molecule has 3 heterocycles. The van der Waals surface area contributed by atoms with Gasteiger partial charge in [0.1, 0.15) is 0 Å². The van der Waals surface area contributed by atoms with Crippen molar-refractivity contribution in [3.8, 4) is 20.9 Å². The molecule has 2 N–H and O–H groups in total. The largest absolute Gasteiger partial charge is 0.416 e. The van der Waals surface area contributed by atoms with Gasteiger partial charge in [-0.05, 0) is 34.4 Å². The molecule has 0 bridgehead atoms. The number of nitrogens with one attached hydrogen (secondary N) is 2. The van der Waals surface area contributed by atoms with E-state index in [4.69, 9.17) is 0 Å². The summed E-state index contributed by atoms with van der Waals surface area (Å²) in [5.41, 5.74) is 0.0746. The maximum Gasteiger partial charge on any atom is 0.416 e. The van der Waals surface area contributed by atoms with Gasteiger partial charge in [0.15, 0.2) is 0 Å². The second kappa shape index (κ2) is 7.84. The highest BCUT2D eigenvalue weighted by Gasteiger charge is 2.40. The van der Waals surface area contributed by atoms with E-state index >= 15 is 0 Å². The molecular weight excluding hydrogens is 481 g/mol. The van der Waals surface area contributed by atoms with Crippen LogP contribution in [-0.4, -0.2) is 6.98 Å². The number of anilines is 2. The SMILES string of the molecule is FC(F)(F)c1cc(B2Nc3c(-c4cccs4)ccc(-c4cccs4)c3N2)cc(C(F)(F)F)c1. The first-order valence-corrected chi connectivity index (χ1v) is 11.4. The van der Waals surface area contributed by atoms with Gasteiger partial charge >= 0.3 is 19.3 Å². The van der Waals surface area contributed by atoms with E-state index < -0.39 is 30.5 Å². The molecule has 2 aromatic heterocycles. The zero-order chi connectivity index (χ0) is 23.4. The molecule has 0 aliphatic carbocycles. The van der Waals surface area contributed by atoms with E-state index in [2.05, 4.69) is 10.5 Å². The van der Waals surface area contributed by atoms with Crippen LogP contribution in [0.2, 0.25) is 0 Å². The highest BCUT2D eigenvalue weighted by atomic mass is 32.1. The molecule has 0 spiro atoms. The maximum absolute atomic E-state index is 13.4. The molecule has 1 aliphatic rings. The molecule has 1 aliphatic heterocycles. The molecule has 0 unspecified atom stereocenters. The number of thiophene rings is 2. The Morgan fingerprint density at radius 1 is 0.636 bits per heavy atom. The van der Waals surface area contributed by atoms with Gasteiger partial charge in [-0.1, -0.05) is 36.4 Å². The maximum atomic E-state index is 13.4. The van der Waals surface area contributed by atoms with E-state index in [1.807, 2.05) is 47.2 Å². The molecule has 0 saturated heterocycles. The first-order valence-electron chi connectivity index (χ1n) is 9.68. The predicted molar refractivity (Wildman–Crippen MR) is 122 cm³/mol. The second-order valence-electron chi connectivity index (χ2n) is 7.43. The van der Waals surface area contributed by atoms with Gasteiger partial charge in [0, 0.05) is 20.9 Å². The van der Waals surface area contributed by atoms with Gasteiger partial charge in [0.05, 0.1) is 22.5 Å². The van der Waals surface area contributed by atoms with Gasteiger partial charge in [-0.25, -0.2) is 0 Å². The Bertz CT molecular complexity index is 1200. The van der Waals surface area contributed by atoms with Crippen LogP contribution in [0.4, 0.5) is 37.7 Å². The monoisotopic (exact) mass is 494 g/mol. The number of hydrogen-bond donors (Lipinski definition) is 2. The van der Waals surface area contributed by atoms with Crippen molar-refractivity contribution in [1.29, 1.82) is 0 Å². The minimum absolute atomic E-state index is 0.139. The van der Waals surface area contributed by atoms with E-state index in [0.717, 1.165) is 33.0 Å². The Morgan fingerprint density at radius 2 is 1.09 bits per heavy atom. The molecular formula is C22H13BF6N2S2. The van der Waals surface area contributed by atoms with E-state index in [1.54, 1.807) is 0 Å².